The molecule has 0 aliphatic heterocycles. The summed E-state index contributed by atoms with van der Waals surface area (Å²) in [4.78, 5) is 14.3. The molecule has 6 nitrogen and oxygen atoms in total. The van der Waals surface area contributed by atoms with E-state index in [0.29, 0.717) is 36.7 Å². The normalized spacial score (nSPS) is 10.8. The first-order valence-corrected chi connectivity index (χ1v) is 10.6. The van der Waals surface area contributed by atoms with E-state index in [1.54, 1.807) is 11.8 Å². The molecule has 0 bridgehead atoms. The minimum atomic E-state index is 0.102. The number of methoxy groups -OCH3 is 1. The van der Waals surface area contributed by atoms with E-state index in [-0.39, 0.29) is 5.91 Å². The largest absolute Gasteiger partial charge is 0.496 e. The highest BCUT2D eigenvalue weighted by Gasteiger charge is 2.19. The Bertz CT molecular complexity index is 1070. The highest BCUT2D eigenvalue weighted by molar-refractivity contribution is 7.71. The summed E-state index contributed by atoms with van der Waals surface area (Å²) in [5, 5.41) is 4.80. The number of hydrogen-bond donors (Lipinski definition) is 0. The second-order valence-electron chi connectivity index (χ2n) is 7.02. The summed E-state index contributed by atoms with van der Waals surface area (Å²) in [6.45, 7) is 7.84. The van der Waals surface area contributed by atoms with E-state index in [0.717, 1.165) is 17.0 Å². The van der Waals surface area contributed by atoms with Gasteiger partial charge in [0.15, 0.2) is 5.82 Å². The van der Waals surface area contributed by atoms with Crippen LogP contribution in [0.25, 0.3) is 17.1 Å². The van der Waals surface area contributed by atoms with E-state index in [2.05, 4.69) is 0 Å². The molecule has 3 aromatic rings. The molecular weight excluding hydrogens is 396 g/mol. The average Bonchev–Trinajstić information content (AvgIpc) is 3.09. The minimum absolute atomic E-state index is 0.102. The lowest BCUT2D eigenvalue weighted by molar-refractivity contribution is -0.131. The Balaban J connectivity index is 2.07. The summed E-state index contributed by atoms with van der Waals surface area (Å²) in [7, 11) is 1.64. The third-order valence-corrected chi connectivity index (χ3v) is 5.53. The number of ether oxygens (including phenoxy) is 1. The fourth-order valence-corrected chi connectivity index (χ4v) is 3.74. The first kappa shape index (κ1) is 21.8. The molecule has 0 spiro atoms. The molecule has 1 aromatic heterocycles. The molecule has 3 rings (SSSR count). The Labute approximate surface area is 182 Å². The molecule has 0 aliphatic carbocycles. The first-order valence-electron chi connectivity index (χ1n) is 10.2. The number of rotatable bonds is 8. The van der Waals surface area contributed by atoms with Crippen molar-refractivity contribution in [3.05, 3.63) is 58.9 Å². The van der Waals surface area contributed by atoms with Crippen LogP contribution in [0.5, 0.6) is 5.75 Å². The summed E-state index contributed by atoms with van der Waals surface area (Å²) in [6.07, 6.45) is 0.353. The Hall–Kier alpha value is -2.93. The second-order valence-corrected chi connectivity index (χ2v) is 7.38. The standard InChI is InChI=1S/C23H28N4O2S/c1-5-25(6-2)21(28)15-16-26-23(30)27(18-13-11-17(3)12-14-18)22(24-26)19-9-7-8-10-20(19)29-4/h7-14H,5-6,15-16H2,1-4H3. The number of nitrogens with zero attached hydrogens (tertiary/aromatic N) is 4. The number of para-hydroxylation sites is 1. The van der Waals surface area contributed by atoms with Crippen molar-refractivity contribution in [3.63, 3.8) is 0 Å². The number of carbonyl (C=O) groups excluding carboxylic acids is 1. The molecule has 0 saturated carbocycles. The van der Waals surface area contributed by atoms with Crippen molar-refractivity contribution in [1.29, 1.82) is 0 Å². The molecule has 0 atom stereocenters. The van der Waals surface area contributed by atoms with Crippen LogP contribution in [0, 0.1) is 11.7 Å². The summed E-state index contributed by atoms with van der Waals surface area (Å²) < 4.78 is 9.78. The Morgan fingerprint density at radius 3 is 2.40 bits per heavy atom. The molecule has 2 aromatic carbocycles. The Morgan fingerprint density at radius 2 is 1.77 bits per heavy atom. The van der Waals surface area contributed by atoms with Gasteiger partial charge in [0.2, 0.25) is 10.7 Å². The minimum Gasteiger partial charge on any atom is -0.496 e. The van der Waals surface area contributed by atoms with Crippen LogP contribution in [0.15, 0.2) is 48.5 Å². The Morgan fingerprint density at radius 1 is 1.10 bits per heavy atom. The molecule has 30 heavy (non-hydrogen) atoms. The third kappa shape index (κ3) is 4.46. The van der Waals surface area contributed by atoms with Gasteiger partial charge in [-0.25, -0.2) is 4.68 Å². The summed E-state index contributed by atoms with van der Waals surface area (Å²) in [5.41, 5.74) is 2.94. The smallest absolute Gasteiger partial charge is 0.224 e. The second kappa shape index (κ2) is 9.71. The van der Waals surface area contributed by atoms with Crippen molar-refractivity contribution >= 4 is 18.1 Å². The maximum atomic E-state index is 12.5. The molecule has 0 fully saturated rings. The maximum absolute atomic E-state index is 12.5. The summed E-state index contributed by atoms with van der Waals surface area (Å²) in [5.74, 6) is 1.51. The van der Waals surface area contributed by atoms with Crippen LogP contribution in [0.4, 0.5) is 0 Å². The monoisotopic (exact) mass is 424 g/mol. The zero-order valence-electron chi connectivity index (χ0n) is 18.0. The number of benzene rings is 2. The van der Waals surface area contributed by atoms with E-state index in [1.807, 2.05) is 78.8 Å². The Kier molecular flexibility index (Phi) is 7.05. The number of aryl methyl sites for hydroxylation is 2. The van der Waals surface area contributed by atoms with Gasteiger partial charge in [0.25, 0.3) is 0 Å². The molecule has 0 radical (unpaired) electrons. The fourth-order valence-electron chi connectivity index (χ4n) is 3.42. The van der Waals surface area contributed by atoms with Crippen LogP contribution in [0.3, 0.4) is 0 Å². The lowest BCUT2D eigenvalue weighted by Gasteiger charge is -2.18. The van der Waals surface area contributed by atoms with Crippen LogP contribution >= 0.6 is 12.2 Å². The molecule has 158 valence electrons. The SMILES string of the molecule is CCN(CC)C(=O)CCn1nc(-c2ccccc2OC)n(-c2ccc(C)cc2)c1=S. The molecule has 0 saturated heterocycles. The van der Waals surface area contributed by atoms with E-state index < -0.39 is 0 Å². The summed E-state index contributed by atoms with van der Waals surface area (Å²) >= 11 is 5.78. The number of aromatic nitrogens is 3. The molecule has 0 N–H and O–H groups in total. The van der Waals surface area contributed by atoms with Gasteiger partial charge in [0, 0.05) is 25.2 Å². The topological polar surface area (TPSA) is 52.3 Å². The van der Waals surface area contributed by atoms with Crippen LogP contribution in [0.2, 0.25) is 0 Å². The van der Waals surface area contributed by atoms with Crippen LogP contribution in [-0.2, 0) is 11.3 Å². The van der Waals surface area contributed by atoms with E-state index in [9.17, 15) is 4.79 Å². The van der Waals surface area contributed by atoms with Crippen molar-refractivity contribution in [2.75, 3.05) is 20.2 Å². The van der Waals surface area contributed by atoms with Gasteiger partial charge in [-0.3, -0.25) is 9.36 Å². The molecule has 7 heteroatoms. The predicted molar refractivity (Wildman–Crippen MR) is 122 cm³/mol. The van der Waals surface area contributed by atoms with Gasteiger partial charge in [-0.2, -0.15) is 5.10 Å². The molecular formula is C23H28N4O2S. The van der Waals surface area contributed by atoms with Crippen LogP contribution in [0.1, 0.15) is 25.8 Å². The van der Waals surface area contributed by atoms with Crippen molar-refractivity contribution in [2.45, 2.75) is 33.7 Å². The highest BCUT2D eigenvalue weighted by Crippen LogP contribution is 2.30. The lowest BCUT2D eigenvalue weighted by atomic mass is 10.1. The average molecular weight is 425 g/mol. The van der Waals surface area contributed by atoms with Gasteiger partial charge in [-0.15, -0.1) is 0 Å². The molecule has 1 heterocycles. The van der Waals surface area contributed by atoms with Gasteiger partial charge in [0.05, 0.1) is 19.2 Å². The van der Waals surface area contributed by atoms with E-state index in [4.69, 9.17) is 22.1 Å². The van der Waals surface area contributed by atoms with Gasteiger partial charge >= 0.3 is 0 Å². The molecule has 1 amide bonds. The van der Waals surface area contributed by atoms with Crippen molar-refractivity contribution < 1.29 is 9.53 Å². The third-order valence-electron chi connectivity index (χ3n) is 5.13. The predicted octanol–water partition coefficient (Wildman–Crippen LogP) is 4.65. The van der Waals surface area contributed by atoms with Crippen LogP contribution < -0.4 is 4.74 Å². The molecule has 0 aliphatic rings. The zero-order chi connectivity index (χ0) is 21.7. The fraction of sp³-hybridized carbons (Fsp3) is 0.348. The van der Waals surface area contributed by atoms with Gasteiger partial charge in [-0.05, 0) is 57.3 Å². The number of carbonyl (C=O) groups is 1. The quantitative estimate of drug-likeness (QED) is 0.494. The van der Waals surface area contributed by atoms with E-state index >= 15 is 0 Å². The number of amides is 1. The first-order chi connectivity index (χ1) is 14.5. The van der Waals surface area contributed by atoms with Crippen LogP contribution in [-0.4, -0.2) is 45.4 Å². The van der Waals surface area contributed by atoms with Gasteiger partial charge < -0.3 is 9.64 Å². The lowest BCUT2D eigenvalue weighted by Crippen LogP contribution is -2.31. The zero-order valence-corrected chi connectivity index (χ0v) is 18.8. The maximum Gasteiger partial charge on any atom is 0.224 e. The number of hydrogen-bond acceptors (Lipinski definition) is 4. The molecule has 0 unspecified atom stereocenters. The van der Waals surface area contributed by atoms with Crippen molar-refractivity contribution in [2.24, 2.45) is 0 Å². The highest BCUT2D eigenvalue weighted by atomic mass is 32.1. The van der Waals surface area contributed by atoms with Crippen molar-refractivity contribution in [3.8, 4) is 22.8 Å². The summed E-state index contributed by atoms with van der Waals surface area (Å²) in [6, 6.07) is 15.9. The van der Waals surface area contributed by atoms with Crippen molar-refractivity contribution in [1.82, 2.24) is 19.2 Å². The van der Waals surface area contributed by atoms with E-state index in [1.165, 1.54) is 5.56 Å². The van der Waals surface area contributed by atoms with Gasteiger partial charge in [-0.1, -0.05) is 29.8 Å². The van der Waals surface area contributed by atoms with Gasteiger partial charge in [0.1, 0.15) is 5.75 Å².